The zero-order valence-corrected chi connectivity index (χ0v) is 12.2. The highest BCUT2D eigenvalue weighted by molar-refractivity contribution is 6.02. The molecule has 2 rings (SSSR count). The fourth-order valence-electron chi connectivity index (χ4n) is 2.13. The smallest absolute Gasteiger partial charge is 0.250 e. The first kappa shape index (κ1) is 14.6. The van der Waals surface area contributed by atoms with Crippen molar-refractivity contribution >= 4 is 11.6 Å². The Kier molecular flexibility index (Phi) is 4.79. The summed E-state index contributed by atoms with van der Waals surface area (Å²) in [4.78, 5) is 13.9. The largest absolute Gasteiger partial charge is 0.478 e. The van der Waals surface area contributed by atoms with E-state index in [0.717, 1.165) is 30.1 Å². The maximum absolute atomic E-state index is 11.6. The van der Waals surface area contributed by atoms with Gasteiger partial charge in [0.1, 0.15) is 12.5 Å². The number of hydrogen-bond acceptors (Lipinski definition) is 3. The van der Waals surface area contributed by atoms with Crippen LogP contribution >= 0.6 is 0 Å². The van der Waals surface area contributed by atoms with Crippen LogP contribution in [-0.4, -0.2) is 24.1 Å². The number of carbonyl (C=O) groups is 1. The second-order valence-corrected chi connectivity index (χ2v) is 5.24. The average Bonchev–Trinajstić information content (AvgIpc) is 2.44. The molecule has 0 unspecified atom stereocenters. The Bertz CT molecular complexity index is 511. The van der Waals surface area contributed by atoms with Crippen LogP contribution in [0.2, 0.25) is 0 Å². The second kappa shape index (κ2) is 6.57. The summed E-state index contributed by atoms with van der Waals surface area (Å²) < 4.78 is 5.74. The van der Waals surface area contributed by atoms with E-state index < -0.39 is 0 Å². The Morgan fingerprint density at radius 3 is 3.00 bits per heavy atom. The molecule has 108 valence electrons. The van der Waals surface area contributed by atoms with Gasteiger partial charge in [-0.25, -0.2) is 0 Å². The molecule has 0 aliphatic carbocycles. The average molecular weight is 274 g/mol. The summed E-state index contributed by atoms with van der Waals surface area (Å²) in [6.45, 7) is 10.1. The third kappa shape index (κ3) is 3.61. The molecule has 20 heavy (non-hydrogen) atoms. The molecule has 1 aromatic rings. The monoisotopic (exact) mass is 274 g/mol. The minimum atomic E-state index is -0.149. The molecule has 1 aliphatic heterocycles. The van der Waals surface area contributed by atoms with Crippen molar-refractivity contribution in [2.75, 3.05) is 18.6 Å². The van der Waals surface area contributed by atoms with Gasteiger partial charge < -0.3 is 10.1 Å². The van der Waals surface area contributed by atoms with Crippen molar-refractivity contribution < 1.29 is 9.53 Å². The van der Waals surface area contributed by atoms with Crippen LogP contribution in [0.25, 0.3) is 0 Å². The molecule has 1 amide bonds. The zero-order chi connectivity index (χ0) is 14.5. The molecule has 0 radical (unpaired) electrons. The maximum atomic E-state index is 11.6. The summed E-state index contributed by atoms with van der Waals surface area (Å²) in [6, 6.07) is 5.76. The van der Waals surface area contributed by atoms with Gasteiger partial charge >= 0.3 is 0 Å². The first-order chi connectivity index (χ1) is 9.60. The minimum absolute atomic E-state index is 0.149. The predicted molar refractivity (Wildman–Crippen MR) is 80.7 cm³/mol. The highest BCUT2D eigenvalue weighted by Crippen LogP contribution is 2.28. The Labute approximate surface area is 120 Å². The number of carbonyl (C=O) groups excluding carboxylic acids is 1. The molecular weight excluding hydrogens is 252 g/mol. The van der Waals surface area contributed by atoms with E-state index in [1.807, 2.05) is 18.2 Å². The zero-order valence-electron chi connectivity index (χ0n) is 12.2. The summed E-state index contributed by atoms with van der Waals surface area (Å²) in [5.41, 5.74) is 2.41. The van der Waals surface area contributed by atoms with Crippen molar-refractivity contribution in [3.05, 3.63) is 35.9 Å². The number of hydrogen-bond donors (Lipinski definition) is 1. The Morgan fingerprint density at radius 1 is 1.50 bits per heavy atom. The molecule has 1 N–H and O–H groups in total. The van der Waals surface area contributed by atoms with Crippen LogP contribution in [0.4, 0.5) is 5.69 Å². The quantitative estimate of drug-likeness (QED) is 0.839. The molecule has 1 heterocycles. The summed E-state index contributed by atoms with van der Waals surface area (Å²) >= 11 is 0. The van der Waals surface area contributed by atoms with Crippen LogP contribution in [0.1, 0.15) is 32.3 Å². The standard InChI is InChI=1S/C16H22N2O2/c1-4-5-8-18-10-13-9-14(17-16(19)12(2)3)6-7-15(13)20-11-18/h6-7,9H,2,4-5,8,10-11H2,1,3H3,(H,17,19). The number of anilines is 1. The summed E-state index contributed by atoms with van der Waals surface area (Å²) in [6.07, 6.45) is 2.35. The highest BCUT2D eigenvalue weighted by atomic mass is 16.5. The van der Waals surface area contributed by atoms with Gasteiger partial charge in [0.05, 0.1) is 0 Å². The maximum Gasteiger partial charge on any atom is 0.250 e. The number of fused-ring (bicyclic) bond motifs is 1. The Morgan fingerprint density at radius 2 is 2.30 bits per heavy atom. The van der Waals surface area contributed by atoms with Crippen LogP contribution in [-0.2, 0) is 11.3 Å². The lowest BCUT2D eigenvalue weighted by molar-refractivity contribution is -0.112. The summed E-state index contributed by atoms with van der Waals surface area (Å²) in [5.74, 6) is 0.760. The molecule has 1 aromatic carbocycles. The van der Waals surface area contributed by atoms with Crippen molar-refractivity contribution in [1.82, 2.24) is 4.90 Å². The molecule has 0 aromatic heterocycles. The van der Waals surface area contributed by atoms with Gasteiger partial charge in [0.15, 0.2) is 0 Å². The molecule has 4 heteroatoms. The van der Waals surface area contributed by atoms with Gasteiger partial charge in [-0.1, -0.05) is 19.9 Å². The highest BCUT2D eigenvalue weighted by Gasteiger charge is 2.17. The second-order valence-electron chi connectivity index (χ2n) is 5.24. The molecule has 4 nitrogen and oxygen atoms in total. The lowest BCUT2D eigenvalue weighted by atomic mass is 10.1. The van der Waals surface area contributed by atoms with E-state index in [1.165, 1.54) is 12.8 Å². The van der Waals surface area contributed by atoms with Crippen LogP contribution in [0.15, 0.2) is 30.4 Å². The van der Waals surface area contributed by atoms with Crippen LogP contribution < -0.4 is 10.1 Å². The number of benzene rings is 1. The fourth-order valence-corrected chi connectivity index (χ4v) is 2.13. The Hall–Kier alpha value is -1.81. The SMILES string of the molecule is C=C(C)C(=O)Nc1ccc2c(c1)CN(CCCC)CO2. The van der Waals surface area contributed by atoms with E-state index >= 15 is 0 Å². The number of nitrogens with zero attached hydrogens (tertiary/aromatic N) is 1. The number of unbranched alkanes of at least 4 members (excludes halogenated alkanes) is 1. The van der Waals surface area contributed by atoms with E-state index in [2.05, 4.69) is 23.7 Å². The number of amides is 1. The van der Waals surface area contributed by atoms with Crippen molar-refractivity contribution in [2.24, 2.45) is 0 Å². The fraction of sp³-hybridized carbons (Fsp3) is 0.438. The van der Waals surface area contributed by atoms with Gasteiger partial charge in [-0.3, -0.25) is 9.69 Å². The normalized spacial score (nSPS) is 14.3. The molecule has 0 spiro atoms. The number of nitrogens with one attached hydrogen (secondary N) is 1. The number of rotatable bonds is 5. The minimum Gasteiger partial charge on any atom is -0.478 e. The van der Waals surface area contributed by atoms with Crippen molar-refractivity contribution in [1.29, 1.82) is 0 Å². The summed E-state index contributed by atoms with van der Waals surface area (Å²) in [7, 11) is 0. The van der Waals surface area contributed by atoms with Gasteiger partial charge in [-0.05, 0) is 31.5 Å². The van der Waals surface area contributed by atoms with Crippen LogP contribution in [0.5, 0.6) is 5.75 Å². The molecular formula is C16H22N2O2. The van der Waals surface area contributed by atoms with E-state index in [0.29, 0.717) is 12.3 Å². The topological polar surface area (TPSA) is 41.6 Å². The molecule has 0 saturated carbocycles. The molecule has 1 aliphatic rings. The van der Waals surface area contributed by atoms with Crippen LogP contribution in [0.3, 0.4) is 0 Å². The predicted octanol–water partition coefficient (Wildman–Crippen LogP) is 3.15. The van der Waals surface area contributed by atoms with E-state index in [-0.39, 0.29) is 5.91 Å². The van der Waals surface area contributed by atoms with E-state index in [4.69, 9.17) is 4.74 Å². The third-order valence-corrected chi connectivity index (χ3v) is 3.33. The number of ether oxygens (including phenoxy) is 1. The van der Waals surface area contributed by atoms with Crippen molar-refractivity contribution in [2.45, 2.75) is 33.2 Å². The molecule has 0 bridgehead atoms. The van der Waals surface area contributed by atoms with Crippen molar-refractivity contribution in [3.8, 4) is 5.75 Å². The summed E-state index contributed by atoms with van der Waals surface area (Å²) in [5, 5.41) is 2.84. The third-order valence-electron chi connectivity index (χ3n) is 3.33. The van der Waals surface area contributed by atoms with Crippen LogP contribution in [0, 0.1) is 0 Å². The van der Waals surface area contributed by atoms with E-state index in [1.54, 1.807) is 6.92 Å². The first-order valence-electron chi connectivity index (χ1n) is 7.05. The Balaban J connectivity index is 2.06. The molecule has 0 atom stereocenters. The van der Waals surface area contributed by atoms with E-state index in [9.17, 15) is 4.79 Å². The lowest BCUT2D eigenvalue weighted by Gasteiger charge is -2.29. The van der Waals surface area contributed by atoms with Gasteiger partial charge in [0.2, 0.25) is 0 Å². The lowest BCUT2D eigenvalue weighted by Crippen LogP contribution is -2.32. The molecule has 0 saturated heterocycles. The van der Waals surface area contributed by atoms with Crippen molar-refractivity contribution in [3.63, 3.8) is 0 Å². The van der Waals surface area contributed by atoms with Gasteiger partial charge in [0, 0.05) is 29.9 Å². The van der Waals surface area contributed by atoms with Gasteiger partial charge in [-0.2, -0.15) is 0 Å². The first-order valence-corrected chi connectivity index (χ1v) is 7.05. The van der Waals surface area contributed by atoms with Gasteiger partial charge in [-0.15, -0.1) is 0 Å². The van der Waals surface area contributed by atoms with Gasteiger partial charge in [0.25, 0.3) is 5.91 Å². The molecule has 0 fully saturated rings.